The highest BCUT2D eigenvalue weighted by Crippen LogP contribution is 1.93. The minimum Gasteiger partial charge on any atom is -0.350 e. The lowest BCUT2D eigenvalue weighted by molar-refractivity contribution is 0.730. The van der Waals surface area contributed by atoms with Crippen LogP contribution in [0, 0.1) is 0 Å². The van der Waals surface area contributed by atoms with Crippen LogP contribution in [0.1, 0.15) is 0 Å². The van der Waals surface area contributed by atoms with Crippen molar-refractivity contribution in [3.63, 3.8) is 0 Å². The molecule has 70 valence electrons. The van der Waals surface area contributed by atoms with Gasteiger partial charge < -0.3 is 9.88 Å². The molecule has 0 atom stereocenters. The minimum atomic E-state index is 0.0375. The van der Waals surface area contributed by atoms with E-state index >= 15 is 0 Å². The lowest BCUT2D eigenvalue weighted by Gasteiger charge is -2.07. The zero-order valence-corrected chi connectivity index (χ0v) is 7.79. The molecule has 0 aliphatic carbocycles. The van der Waals surface area contributed by atoms with Crippen LogP contribution in [0.2, 0.25) is 0 Å². The molecule has 0 aliphatic rings. The van der Waals surface area contributed by atoms with Gasteiger partial charge in [-0.2, -0.15) is 0 Å². The molecule has 1 N–H and O–H groups in total. The van der Waals surface area contributed by atoms with Crippen molar-refractivity contribution in [1.82, 2.24) is 9.88 Å². The molecule has 0 saturated carbocycles. The maximum absolute atomic E-state index is 10.8. The molecular weight excluding hydrogens is 164 g/mol. The summed E-state index contributed by atoms with van der Waals surface area (Å²) in [5.74, 6) is 0. The third-order valence-electron chi connectivity index (χ3n) is 1.69. The van der Waals surface area contributed by atoms with Crippen LogP contribution in [-0.4, -0.2) is 18.2 Å². The Kier molecular flexibility index (Phi) is 3.46. The van der Waals surface area contributed by atoms with E-state index in [9.17, 15) is 4.79 Å². The van der Waals surface area contributed by atoms with Crippen LogP contribution >= 0.6 is 0 Å². The first-order chi connectivity index (χ1) is 6.22. The number of nitrogens with zero attached hydrogens (tertiary/aromatic N) is 1. The fraction of sp³-hybridized carbons (Fsp3) is 0.300. The predicted octanol–water partition coefficient (Wildman–Crippen LogP) is 0.624. The monoisotopic (exact) mass is 178 g/mol. The summed E-state index contributed by atoms with van der Waals surface area (Å²) in [4.78, 5) is 10.8. The van der Waals surface area contributed by atoms with Crippen LogP contribution in [-0.2, 0) is 6.54 Å². The van der Waals surface area contributed by atoms with E-state index < -0.39 is 0 Å². The van der Waals surface area contributed by atoms with Gasteiger partial charge in [-0.05, 0) is 12.6 Å². The summed E-state index contributed by atoms with van der Waals surface area (Å²) < 4.78 is 1.93. The van der Waals surface area contributed by atoms with Gasteiger partial charge in [0, 0.05) is 37.6 Å². The first-order valence-electron chi connectivity index (χ1n) is 4.19. The summed E-state index contributed by atoms with van der Waals surface area (Å²) in [7, 11) is 1.89. The van der Waals surface area contributed by atoms with E-state index in [2.05, 4.69) is 11.9 Å². The highest BCUT2D eigenvalue weighted by molar-refractivity contribution is 5.01. The number of pyridine rings is 1. The van der Waals surface area contributed by atoms with Crippen molar-refractivity contribution in [2.24, 2.45) is 0 Å². The fourth-order valence-corrected chi connectivity index (χ4v) is 1.11. The van der Waals surface area contributed by atoms with Crippen molar-refractivity contribution in [3.05, 3.63) is 46.9 Å². The zero-order chi connectivity index (χ0) is 9.68. The molecule has 0 radical (unpaired) electrons. The second kappa shape index (κ2) is 4.62. The van der Waals surface area contributed by atoms with Crippen LogP contribution in [0.3, 0.4) is 0 Å². The van der Waals surface area contributed by atoms with Crippen LogP contribution in [0.15, 0.2) is 41.5 Å². The average molecular weight is 178 g/mol. The fourth-order valence-electron chi connectivity index (χ4n) is 1.11. The summed E-state index contributed by atoms with van der Waals surface area (Å²) in [5, 5.41) is 3.02. The van der Waals surface area contributed by atoms with Gasteiger partial charge >= 0.3 is 0 Å². The number of rotatable bonds is 4. The Balaban J connectivity index is 2.59. The standard InChI is InChI=1S/C10H14N2O/c1-9(7-11-2)8-12-5-3-10(13)4-6-12/h3-6,11H,1,7-8H2,2H3. The molecule has 0 bridgehead atoms. The van der Waals surface area contributed by atoms with Gasteiger partial charge in [0.25, 0.3) is 0 Å². The second-order valence-electron chi connectivity index (χ2n) is 2.99. The topological polar surface area (TPSA) is 34.0 Å². The van der Waals surface area contributed by atoms with E-state index in [0.29, 0.717) is 0 Å². The first-order valence-corrected chi connectivity index (χ1v) is 4.19. The van der Waals surface area contributed by atoms with E-state index in [0.717, 1.165) is 18.7 Å². The normalized spacial score (nSPS) is 9.92. The van der Waals surface area contributed by atoms with Gasteiger partial charge in [-0.1, -0.05) is 6.58 Å². The SMILES string of the molecule is C=C(CNC)Cn1ccc(=O)cc1. The molecule has 13 heavy (non-hydrogen) atoms. The highest BCUT2D eigenvalue weighted by Gasteiger charge is 1.92. The Labute approximate surface area is 77.7 Å². The summed E-state index contributed by atoms with van der Waals surface area (Å²) in [5.41, 5.74) is 1.13. The van der Waals surface area contributed by atoms with Gasteiger partial charge in [0.2, 0.25) is 0 Å². The van der Waals surface area contributed by atoms with Crippen LogP contribution in [0.25, 0.3) is 0 Å². The molecule has 1 rings (SSSR count). The number of likely N-dealkylation sites (N-methyl/N-ethyl adjacent to an activating group) is 1. The predicted molar refractivity (Wildman–Crippen MR) is 53.8 cm³/mol. The summed E-state index contributed by atoms with van der Waals surface area (Å²) in [6.07, 6.45) is 3.53. The Bertz CT molecular complexity index is 321. The van der Waals surface area contributed by atoms with Crippen LogP contribution < -0.4 is 10.7 Å². The Hall–Kier alpha value is -1.35. The maximum atomic E-state index is 10.8. The number of hydrogen-bond donors (Lipinski definition) is 1. The molecule has 0 aliphatic heterocycles. The van der Waals surface area contributed by atoms with E-state index in [1.807, 2.05) is 11.6 Å². The van der Waals surface area contributed by atoms with Gasteiger partial charge in [0.05, 0.1) is 0 Å². The molecule has 0 aromatic carbocycles. The second-order valence-corrected chi connectivity index (χ2v) is 2.99. The lowest BCUT2D eigenvalue weighted by Crippen LogP contribution is -2.14. The average Bonchev–Trinajstić information content (AvgIpc) is 2.09. The van der Waals surface area contributed by atoms with Crippen molar-refractivity contribution in [2.45, 2.75) is 6.54 Å². The quantitative estimate of drug-likeness (QED) is 0.686. The van der Waals surface area contributed by atoms with Gasteiger partial charge in [-0.15, -0.1) is 0 Å². The molecule has 3 nitrogen and oxygen atoms in total. The van der Waals surface area contributed by atoms with Gasteiger partial charge in [-0.3, -0.25) is 4.79 Å². The van der Waals surface area contributed by atoms with Crippen LogP contribution in [0.4, 0.5) is 0 Å². The highest BCUT2D eigenvalue weighted by atomic mass is 16.1. The molecule has 0 unspecified atom stereocenters. The van der Waals surface area contributed by atoms with Crippen molar-refractivity contribution in [1.29, 1.82) is 0 Å². The van der Waals surface area contributed by atoms with E-state index in [4.69, 9.17) is 0 Å². The molecule has 1 heterocycles. The van der Waals surface area contributed by atoms with Gasteiger partial charge in [0.15, 0.2) is 5.43 Å². The van der Waals surface area contributed by atoms with Crippen molar-refractivity contribution >= 4 is 0 Å². The first kappa shape index (κ1) is 9.74. The van der Waals surface area contributed by atoms with Crippen molar-refractivity contribution < 1.29 is 0 Å². The molecule has 0 fully saturated rings. The molecule has 1 aromatic heterocycles. The number of hydrogen-bond acceptors (Lipinski definition) is 2. The van der Waals surface area contributed by atoms with Crippen molar-refractivity contribution in [3.8, 4) is 0 Å². The Morgan fingerprint density at radius 3 is 2.69 bits per heavy atom. The van der Waals surface area contributed by atoms with E-state index in [-0.39, 0.29) is 5.43 Å². The summed E-state index contributed by atoms with van der Waals surface area (Å²) in [6, 6.07) is 3.10. The van der Waals surface area contributed by atoms with Crippen molar-refractivity contribution in [2.75, 3.05) is 13.6 Å². The van der Waals surface area contributed by atoms with E-state index in [1.165, 1.54) is 0 Å². The lowest BCUT2D eigenvalue weighted by atomic mass is 10.3. The maximum Gasteiger partial charge on any atom is 0.181 e. The molecular formula is C10H14N2O. The van der Waals surface area contributed by atoms with Crippen LogP contribution in [0.5, 0.6) is 0 Å². The molecule has 1 aromatic rings. The summed E-state index contributed by atoms with van der Waals surface area (Å²) in [6.45, 7) is 5.45. The zero-order valence-electron chi connectivity index (χ0n) is 7.79. The Morgan fingerprint density at radius 2 is 2.15 bits per heavy atom. The molecule has 3 heteroatoms. The molecule has 0 spiro atoms. The third-order valence-corrected chi connectivity index (χ3v) is 1.69. The smallest absolute Gasteiger partial charge is 0.181 e. The number of aromatic nitrogens is 1. The largest absolute Gasteiger partial charge is 0.350 e. The Morgan fingerprint density at radius 1 is 1.54 bits per heavy atom. The minimum absolute atomic E-state index is 0.0375. The third kappa shape index (κ3) is 3.25. The van der Waals surface area contributed by atoms with Gasteiger partial charge in [-0.25, -0.2) is 0 Å². The molecule has 0 saturated heterocycles. The molecule has 0 amide bonds. The van der Waals surface area contributed by atoms with E-state index in [1.54, 1.807) is 24.5 Å². The number of nitrogens with one attached hydrogen (secondary N) is 1. The van der Waals surface area contributed by atoms with Gasteiger partial charge in [0.1, 0.15) is 0 Å². The summed E-state index contributed by atoms with van der Waals surface area (Å²) >= 11 is 0.